The Hall–Kier alpha value is -1.27. The van der Waals surface area contributed by atoms with Gasteiger partial charge < -0.3 is 20.5 Å². The zero-order chi connectivity index (χ0) is 14.4. The van der Waals surface area contributed by atoms with E-state index in [1.54, 1.807) is 0 Å². The zero-order valence-corrected chi connectivity index (χ0v) is 12.7. The smallest absolute Gasteiger partial charge is 0.177 e. The maximum Gasteiger partial charge on any atom is 0.177 e. The van der Waals surface area contributed by atoms with Gasteiger partial charge in [0.15, 0.2) is 11.5 Å². The second-order valence-electron chi connectivity index (χ2n) is 4.35. The van der Waals surface area contributed by atoms with Crippen LogP contribution in [0.4, 0.5) is 10.7 Å². The minimum atomic E-state index is -0.0473. The van der Waals surface area contributed by atoms with Crippen molar-refractivity contribution in [3.05, 3.63) is 4.88 Å². The molecule has 1 rings (SSSR count). The van der Waals surface area contributed by atoms with Gasteiger partial charge in [0.25, 0.3) is 0 Å². The van der Waals surface area contributed by atoms with Gasteiger partial charge in [-0.1, -0.05) is 0 Å². The van der Waals surface area contributed by atoms with Crippen LogP contribution in [0.15, 0.2) is 0 Å². The van der Waals surface area contributed by atoms with Gasteiger partial charge in [0.1, 0.15) is 5.00 Å². The number of rotatable bonds is 8. The van der Waals surface area contributed by atoms with Crippen molar-refractivity contribution in [3.63, 3.8) is 0 Å². The lowest BCUT2D eigenvalue weighted by molar-refractivity contribution is 0.102. The summed E-state index contributed by atoms with van der Waals surface area (Å²) in [6.07, 6.45) is 0.00384. The summed E-state index contributed by atoms with van der Waals surface area (Å²) in [7, 11) is 0. The third kappa shape index (κ3) is 4.40. The normalized spacial score (nSPS) is 10.8. The van der Waals surface area contributed by atoms with Crippen LogP contribution in [0.2, 0.25) is 0 Å². The highest BCUT2D eigenvalue weighted by Gasteiger charge is 2.20. The topological polar surface area (TPSA) is 73.6 Å². The number of carbonyl (C=O) groups is 1. The van der Waals surface area contributed by atoms with Gasteiger partial charge in [-0.25, -0.2) is 0 Å². The highest BCUT2D eigenvalue weighted by atomic mass is 32.1. The fourth-order valence-electron chi connectivity index (χ4n) is 1.54. The Morgan fingerprint density at radius 2 is 2.16 bits per heavy atom. The van der Waals surface area contributed by atoms with E-state index in [0.717, 1.165) is 5.00 Å². The average Bonchev–Trinajstić information content (AvgIpc) is 2.63. The van der Waals surface area contributed by atoms with Crippen LogP contribution in [0.1, 0.15) is 37.4 Å². The molecule has 0 radical (unpaired) electrons. The van der Waals surface area contributed by atoms with Gasteiger partial charge >= 0.3 is 0 Å². The predicted molar refractivity (Wildman–Crippen MR) is 79.5 cm³/mol. The molecule has 0 aliphatic heterocycles. The van der Waals surface area contributed by atoms with Gasteiger partial charge in [-0.3, -0.25) is 4.79 Å². The van der Waals surface area contributed by atoms with Crippen LogP contribution in [0.5, 0.6) is 5.75 Å². The van der Waals surface area contributed by atoms with E-state index in [1.807, 2.05) is 20.8 Å². The van der Waals surface area contributed by atoms with Crippen molar-refractivity contribution in [2.75, 3.05) is 30.8 Å². The third-order valence-electron chi connectivity index (χ3n) is 2.31. The van der Waals surface area contributed by atoms with E-state index in [-0.39, 0.29) is 11.9 Å². The Morgan fingerprint density at radius 1 is 1.47 bits per heavy atom. The number of ketones is 1. The molecule has 1 aromatic rings. The summed E-state index contributed by atoms with van der Waals surface area (Å²) >= 11 is 1.33. The summed E-state index contributed by atoms with van der Waals surface area (Å²) in [6.45, 7) is 9.24. The first-order valence-corrected chi connectivity index (χ1v) is 7.20. The lowest BCUT2D eigenvalue weighted by atomic mass is 10.3. The lowest BCUT2D eigenvalue weighted by Crippen LogP contribution is -2.11. The van der Waals surface area contributed by atoms with E-state index in [0.29, 0.717) is 36.1 Å². The number of hydrogen-bond acceptors (Lipinski definition) is 6. The molecule has 0 saturated heterocycles. The molecule has 0 aromatic carbocycles. The van der Waals surface area contributed by atoms with E-state index in [1.165, 1.54) is 18.3 Å². The Kier molecular flexibility index (Phi) is 6.11. The number of nitrogen functional groups attached to an aromatic ring is 1. The van der Waals surface area contributed by atoms with Crippen LogP contribution in [0, 0.1) is 0 Å². The van der Waals surface area contributed by atoms with E-state index >= 15 is 0 Å². The summed E-state index contributed by atoms with van der Waals surface area (Å²) in [4.78, 5) is 12.1. The molecule has 0 aliphatic rings. The second-order valence-corrected chi connectivity index (χ2v) is 5.37. The molecule has 108 valence electrons. The summed E-state index contributed by atoms with van der Waals surface area (Å²) in [5, 5.41) is 3.99. The summed E-state index contributed by atoms with van der Waals surface area (Å²) in [5.74, 6) is 0.524. The quantitative estimate of drug-likeness (QED) is 0.568. The van der Waals surface area contributed by atoms with E-state index in [2.05, 4.69) is 5.32 Å². The maximum absolute atomic E-state index is 11.5. The van der Waals surface area contributed by atoms with Crippen LogP contribution in [-0.2, 0) is 4.74 Å². The highest BCUT2D eigenvalue weighted by molar-refractivity contribution is 7.19. The first-order chi connectivity index (χ1) is 8.97. The van der Waals surface area contributed by atoms with Crippen molar-refractivity contribution in [1.29, 1.82) is 0 Å². The summed E-state index contributed by atoms with van der Waals surface area (Å²) in [5.41, 5.74) is 6.40. The minimum absolute atomic E-state index is 0.00384. The number of nitrogens with one attached hydrogen (secondary N) is 1. The Bertz CT molecular complexity index is 430. The number of nitrogens with two attached hydrogens (primary N) is 1. The summed E-state index contributed by atoms with van der Waals surface area (Å²) < 4.78 is 11.0. The fraction of sp³-hybridized carbons (Fsp3) is 0.615. The van der Waals surface area contributed by atoms with Gasteiger partial charge in [0, 0.05) is 20.1 Å². The molecule has 0 aliphatic carbocycles. The molecule has 0 saturated carbocycles. The molecule has 0 fully saturated rings. The molecular formula is C13H22N2O3S. The molecule has 0 bridgehead atoms. The van der Waals surface area contributed by atoms with Crippen molar-refractivity contribution in [2.24, 2.45) is 0 Å². The van der Waals surface area contributed by atoms with Crippen molar-refractivity contribution in [1.82, 2.24) is 0 Å². The molecule has 0 spiro atoms. The van der Waals surface area contributed by atoms with Crippen molar-refractivity contribution < 1.29 is 14.3 Å². The van der Waals surface area contributed by atoms with Crippen LogP contribution in [0.3, 0.4) is 0 Å². The Labute approximate surface area is 118 Å². The number of thiophene rings is 1. The van der Waals surface area contributed by atoms with Crippen molar-refractivity contribution in [2.45, 2.75) is 33.8 Å². The molecule has 1 heterocycles. The number of hydrogen-bond donors (Lipinski definition) is 2. The van der Waals surface area contributed by atoms with Crippen molar-refractivity contribution in [3.8, 4) is 5.75 Å². The third-order valence-corrected chi connectivity index (χ3v) is 3.55. The van der Waals surface area contributed by atoms with Gasteiger partial charge in [-0.05, 0) is 20.8 Å². The minimum Gasteiger partial charge on any atom is -0.486 e. The van der Waals surface area contributed by atoms with Gasteiger partial charge in [0.2, 0.25) is 0 Å². The number of ether oxygens (including phenoxy) is 2. The zero-order valence-electron chi connectivity index (χ0n) is 11.9. The molecule has 1 aromatic heterocycles. The molecule has 0 unspecified atom stereocenters. The fourth-order valence-corrected chi connectivity index (χ4v) is 2.52. The highest BCUT2D eigenvalue weighted by Crippen LogP contribution is 2.43. The largest absolute Gasteiger partial charge is 0.486 e. The van der Waals surface area contributed by atoms with E-state index < -0.39 is 0 Å². The lowest BCUT2D eigenvalue weighted by Gasteiger charge is -2.12. The van der Waals surface area contributed by atoms with Crippen LogP contribution in [-0.4, -0.2) is 31.6 Å². The molecule has 0 atom stereocenters. The molecular weight excluding hydrogens is 264 g/mol. The first-order valence-electron chi connectivity index (χ1n) is 6.38. The van der Waals surface area contributed by atoms with Crippen LogP contribution in [0.25, 0.3) is 0 Å². The SMILES string of the molecule is CCOCCNc1sc(C(C)=O)c(N)c1OC(C)C. The Balaban J connectivity index is 2.87. The van der Waals surface area contributed by atoms with Gasteiger partial charge in [-0.2, -0.15) is 0 Å². The van der Waals surface area contributed by atoms with Crippen LogP contribution >= 0.6 is 11.3 Å². The van der Waals surface area contributed by atoms with Crippen LogP contribution < -0.4 is 15.8 Å². The predicted octanol–water partition coefficient (Wildman–Crippen LogP) is 2.77. The monoisotopic (exact) mass is 286 g/mol. The molecule has 5 nitrogen and oxygen atoms in total. The first kappa shape index (κ1) is 15.8. The molecule has 0 amide bonds. The Morgan fingerprint density at radius 3 is 2.68 bits per heavy atom. The number of anilines is 2. The van der Waals surface area contributed by atoms with Gasteiger partial charge in [-0.15, -0.1) is 11.3 Å². The van der Waals surface area contributed by atoms with E-state index in [4.69, 9.17) is 15.2 Å². The number of carbonyl (C=O) groups excluding carboxylic acids is 1. The average molecular weight is 286 g/mol. The summed E-state index contributed by atoms with van der Waals surface area (Å²) in [6, 6.07) is 0. The van der Waals surface area contributed by atoms with Gasteiger partial charge in [0.05, 0.1) is 23.3 Å². The maximum atomic E-state index is 11.5. The van der Waals surface area contributed by atoms with E-state index in [9.17, 15) is 4.79 Å². The van der Waals surface area contributed by atoms with Crippen molar-refractivity contribution >= 4 is 27.8 Å². The molecule has 6 heteroatoms. The molecule has 19 heavy (non-hydrogen) atoms. The molecule has 3 N–H and O–H groups in total. The number of Topliss-reactive ketones (excluding diaryl/α,β-unsaturated/α-hetero) is 1. The second kappa shape index (κ2) is 7.35. The standard InChI is InChI=1S/C13H22N2O3S/c1-5-17-7-6-15-13-11(18-8(2)3)10(14)12(19-13)9(4)16/h8,15H,5-7,14H2,1-4H3.